The Balaban J connectivity index is 2.07. The highest BCUT2D eigenvalue weighted by Gasteiger charge is 2.29. The van der Waals surface area contributed by atoms with Crippen molar-refractivity contribution in [2.75, 3.05) is 10.8 Å². The van der Waals surface area contributed by atoms with Crippen LogP contribution in [0.2, 0.25) is 0 Å². The number of carbonyl (C=O) groups excluding carboxylic acids is 1. The number of hydrogen-bond acceptors (Lipinski definition) is 4. The van der Waals surface area contributed by atoms with Gasteiger partial charge in [0.05, 0.1) is 16.1 Å². The van der Waals surface area contributed by atoms with Gasteiger partial charge in [-0.05, 0) is 55.7 Å². The number of sulfonamides is 1. The average Bonchev–Trinajstić information content (AvgIpc) is 2.60. The summed E-state index contributed by atoms with van der Waals surface area (Å²) >= 11 is 0. The third-order valence-corrected chi connectivity index (χ3v) is 6.04. The fourth-order valence-electron chi connectivity index (χ4n) is 2.95. The van der Waals surface area contributed by atoms with E-state index >= 15 is 0 Å². The molecule has 6 nitrogen and oxygen atoms in total. The number of carbonyl (C=O) groups is 2. The van der Waals surface area contributed by atoms with Crippen molar-refractivity contribution >= 4 is 27.5 Å². The molecule has 2 aromatic carbocycles. The molecule has 130 valence electrons. The maximum absolute atomic E-state index is 13.0. The molecule has 0 aromatic heterocycles. The van der Waals surface area contributed by atoms with E-state index in [9.17, 15) is 18.0 Å². The lowest BCUT2D eigenvalue weighted by Crippen LogP contribution is -2.35. The van der Waals surface area contributed by atoms with Gasteiger partial charge >= 0.3 is 5.97 Å². The zero-order chi connectivity index (χ0) is 18.2. The minimum Gasteiger partial charge on any atom is -0.478 e. The Labute approximate surface area is 145 Å². The molecule has 0 saturated heterocycles. The van der Waals surface area contributed by atoms with E-state index in [2.05, 4.69) is 0 Å². The second kappa shape index (κ2) is 6.33. The van der Waals surface area contributed by atoms with E-state index in [4.69, 9.17) is 5.11 Å². The van der Waals surface area contributed by atoms with Gasteiger partial charge in [0, 0.05) is 12.1 Å². The second-order valence-corrected chi connectivity index (χ2v) is 7.78. The molecule has 0 spiro atoms. The van der Waals surface area contributed by atoms with Crippen molar-refractivity contribution < 1.29 is 23.1 Å². The minimum atomic E-state index is -3.83. The Kier molecular flexibility index (Phi) is 4.34. The number of benzene rings is 2. The number of fused-ring (bicyclic) bond motifs is 1. The van der Waals surface area contributed by atoms with Crippen molar-refractivity contribution in [3.63, 3.8) is 0 Å². The van der Waals surface area contributed by atoms with Crippen LogP contribution in [0.4, 0.5) is 5.69 Å². The second-order valence-electron chi connectivity index (χ2n) is 5.91. The summed E-state index contributed by atoms with van der Waals surface area (Å²) in [5.74, 6) is -1.25. The molecular formula is C18H17NO5S. The van der Waals surface area contributed by atoms with Crippen LogP contribution in [-0.2, 0) is 16.4 Å². The highest BCUT2D eigenvalue weighted by atomic mass is 32.2. The first-order valence-corrected chi connectivity index (χ1v) is 9.24. The molecule has 7 heteroatoms. The highest BCUT2D eigenvalue weighted by Crippen LogP contribution is 2.33. The van der Waals surface area contributed by atoms with Gasteiger partial charge in [-0.3, -0.25) is 9.10 Å². The zero-order valence-corrected chi connectivity index (χ0v) is 14.4. The fraction of sp³-hybridized carbons (Fsp3) is 0.222. The first kappa shape index (κ1) is 17.2. The lowest BCUT2D eigenvalue weighted by Gasteiger charge is -2.30. The smallest absolute Gasteiger partial charge is 0.335 e. The SMILES string of the molecule is CC(=O)c1cccc(S(=O)(=O)N2CCCc3cc(C(=O)O)ccc32)c1. The number of rotatable bonds is 4. The molecule has 0 amide bonds. The lowest BCUT2D eigenvalue weighted by molar-refractivity contribution is 0.0696. The van der Waals surface area contributed by atoms with Crippen LogP contribution < -0.4 is 4.31 Å². The molecule has 25 heavy (non-hydrogen) atoms. The summed E-state index contributed by atoms with van der Waals surface area (Å²) in [4.78, 5) is 22.7. The van der Waals surface area contributed by atoms with E-state index in [1.807, 2.05) is 0 Å². The van der Waals surface area contributed by atoms with Crippen LogP contribution in [0.5, 0.6) is 0 Å². The van der Waals surface area contributed by atoms with Gasteiger partial charge in [0.2, 0.25) is 0 Å². The Morgan fingerprint density at radius 3 is 2.52 bits per heavy atom. The maximum atomic E-state index is 13.0. The zero-order valence-electron chi connectivity index (χ0n) is 13.6. The van der Waals surface area contributed by atoms with Gasteiger partial charge in [-0.15, -0.1) is 0 Å². The standard InChI is InChI=1S/C18H17NO5S/c1-12(20)13-4-2-6-16(11-13)25(23,24)19-9-3-5-14-10-15(18(21)22)7-8-17(14)19/h2,4,6-8,10-11H,3,5,9H2,1H3,(H,21,22). The summed E-state index contributed by atoms with van der Waals surface area (Å²) in [6.45, 7) is 1.70. The number of ketones is 1. The molecule has 0 bridgehead atoms. The summed E-state index contributed by atoms with van der Waals surface area (Å²) in [5, 5.41) is 9.11. The van der Waals surface area contributed by atoms with Crippen LogP contribution >= 0.6 is 0 Å². The van der Waals surface area contributed by atoms with E-state index in [0.717, 1.165) is 0 Å². The van der Waals surface area contributed by atoms with Crippen LogP contribution in [0.1, 0.15) is 39.6 Å². The van der Waals surface area contributed by atoms with Gasteiger partial charge in [0.1, 0.15) is 0 Å². The van der Waals surface area contributed by atoms with Crippen LogP contribution in [0.3, 0.4) is 0 Å². The minimum absolute atomic E-state index is 0.0513. The molecule has 1 heterocycles. The lowest BCUT2D eigenvalue weighted by atomic mass is 10.0. The van der Waals surface area contributed by atoms with Crippen molar-refractivity contribution in [3.05, 3.63) is 59.2 Å². The Hall–Kier alpha value is -2.67. The number of anilines is 1. The van der Waals surface area contributed by atoms with Crippen LogP contribution in [0.15, 0.2) is 47.4 Å². The number of aromatic carboxylic acids is 1. The number of carboxylic acid groups (broad SMARTS) is 1. The van der Waals surface area contributed by atoms with Gasteiger partial charge in [-0.2, -0.15) is 0 Å². The summed E-state index contributed by atoms with van der Waals surface area (Å²) in [6, 6.07) is 10.4. The molecule has 3 rings (SSSR count). The van der Waals surface area contributed by atoms with Crippen molar-refractivity contribution in [1.29, 1.82) is 0 Å². The molecule has 0 radical (unpaired) electrons. The summed E-state index contributed by atoms with van der Waals surface area (Å²) in [5.41, 5.74) is 1.65. The number of Topliss-reactive ketones (excluding diaryl/α,β-unsaturated/α-hetero) is 1. The molecule has 1 N–H and O–H groups in total. The van der Waals surface area contributed by atoms with Crippen molar-refractivity contribution in [2.45, 2.75) is 24.7 Å². The number of aryl methyl sites for hydroxylation is 1. The maximum Gasteiger partial charge on any atom is 0.335 e. The van der Waals surface area contributed by atoms with Crippen LogP contribution in [0, 0.1) is 0 Å². The molecule has 2 aromatic rings. The molecule has 1 aliphatic heterocycles. The predicted molar refractivity (Wildman–Crippen MR) is 92.7 cm³/mol. The van der Waals surface area contributed by atoms with Crippen molar-refractivity contribution in [3.8, 4) is 0 Å². The number of nitrogens with zero attached hydrogens (tertiary/aromatic N) is 1. The quantitative estimate of drug-likeness (QED) is 0.848. The van der Waals surface area contributed by atoms with Gasteiger partial charge in [0.25, 0.3) is 10.0 Å². The number of carboxylic acids is 1. The summed E-state index contributed by atoms with van der Waals surface area (Å²) in [6.07, 6.45) is 1.22. The highest BCUT2D eigenvalue weighted by molar-refractivity contribution is 7.92. The third-order valence-electron chi connectivity index (χ3n) is 4.23. The molecule has 0 fully saturated rings. The van der Waals surface area contributed by atoms with Gasteiger partial charge in [-0.25, -0.2) is 13.2 Å². The van der Waals surface area contributed by atoms with Gasteiger partial charge in [0.15, 0.2) is 5.78 Å². The van der Waals surface area contributed by atoms with Crippen molar-refractivity contribution in [1.82, 2.24) is 0 Å². The average molecular weight is 359 g/mol. The monoisotopic (exact) mass is 359 g/mol. The van der Waals surface area contributed by atoms with E-state index in [0.29, 0.717) is 36.2 Å². The van der Waals surface area contributed by atoms with Gasteiger partial charge < -0.3 is 5.11 Å². The van der Waals surface area contributed by atoms with Gasteiger partial charge in [-0.1, -0.05) is 12.1 Å². The molecule has 0 aliphatic carbocycles. The van der Waals surface area contributed by atoms with Crippen LogP contribution in [0.25, 0.3) is 0 Å². The predicted octanol–water partition coefficient (Wildman–Crippen LogP) is 2.73. The Morgan fingerprint density at radius 1 is 1.08 bits per heavy atom. The van der Waals surface area contributed by atoms with E-state index in [-0.39, 0.29) is 16.2 Å². The topological polar surface area (TPSA) is 91.8 Å². The summed E-state index contributed by atoms with van der Waals surface area (Å²) in [7, 11) is -3.83. The van der Waals surface area contributed by atoms with Crippen molar-refractivity contribution in [2.24, 2.45) is 0 Å². The number of hydrogen-bond donors (Lipinski definition) is 1. The van der Waals surface area contributed by atoms with E-state index < -0.39 is 16.0 Å². The first-order valence-electron chi connectivity index (χ1n) is 7.80. The molecule has 0 unspecified atom stereocenters. The third kappa shape index (κ3) is 3.15. The molecule has 0 saturated carbocycles. The largest absolute Gasteiger partial charge is 0.478 e. The fourth-order valence-corrected chi connectivity index (χ4v) is 4.54. The van der Waals surface area contributed by atoms with E-state index in [1.54, 1.807) is 12.1 Å². The van der Waals surface area contributed by atoms with E-state index in [1.165, 1.54) is 41.6 Å². The van der Waals surface area contributed by atoms with Crippen LogP contribution in [-0.4, -0.2) is 31.8 Å². The molecule has 1 aliphatic rings. The molecular weight excluding hydrogens is 342 g/mol. The first-order chi connectivity index (χ1) is 11.8. The normalized spacial score (nSPS) is 14.0. The summed E-state index contributed by atoms with van der Waals surface area (Å²) < 4.78 is 27.4. The Bertz CT molecular complexity index is 965. The molecule has 0 atom stereocenters. The Morgan fingerprint density at radius 2 is 1.84 bits per heavy atom.